The van der Waals surface area contributed by atoms with E-state index in [2.05, 4.69) is 10.3 Å². The molecule has 1 aliphatic heterocycles. The predicted octanol–water partition coefficient (Wildman–Crippen LogP) is 1.72. The Labute approximate surface area is 140 Å². The molecule has 0 saturated carbocycles. The van der Waals surface area contributed by atoms with Crippen LogP contribution in [0.15, 0.2) is 23.6 Å². The largest absolute Gasteiger partial charge is 0.482 e. The monoisotopic (exact) mass is 348 g/mol. The maximum Gasteiger partial charge on any atom is 0.271 e. The number of thiazole rings is 1. The normalized spacial score (nSPS) is 13.2. The van der Waals surface area contributed by atoms with Crippen LogP contribution in [0.4, 0.5) is 16.5 Å². The van der Waals surface area contributed by atoms with E-state index in [-0.39, 0.29) is 24.5 Å². The van der Waals surface area contributed by atoms with Gasteiger partial charge >= 0.3 is 0 Å². The third-order valence-corrected chi connectivity index (χ3v) is 4.14. The van der Waals surface area contributed by atoms with Gasteiger partial charge in [0.05, 0.1) is 16.3 Å². The SMILES string of the molecule is Cc1csc(NC(=O)CN2C(=O)COc3ccc([N+](=O)[O-])cc32)n1. The molecule has 0 unspecified atom stereocenters. The van der Waals surface area contributed by atoms with Gasteiger partial charge in [0.25, 0.3) is 11.6 Å². The van der Waals surface area contributed by atoms with Crippen LogP contribution in [-0.2, 0) is 9.59 Å². The number of nitrogens with one attached hydrogen (secondary N) is 1. The average molecular weight is 348 g/mol. The number of carbonyl (C=O) groups excluding carboxylic acids is 2. The van der Waals surface area contributed by atoms with Gasteiger partial charge in [0.15, 0.2) is 11.7 Å². The van der Waals surface area contributed by atoms with Gasteiger partial charge in [0.1, 0.15) is 12.3 Å². The summed E-state index contributed by atoms with van der Waals surface area (Å²) in [5.74, 6) is -0.580. The van der Waals surface area contributed by atoms with Gasteiger partial charge < -0.3 is 10.1 Å². The van der Waals surface area contributed by atoms with Crippen LogP contribution < -0.4 is 15.0 Å². The Morgan fingerprint density at radius 1 is 1.54 bits per heavy atom. The van der Waals surface area contributed by atoms with Crippen molar-refractivity contribution in [1.82, 2.24) is 4.98 Å². The molecule has 1 aromatic carbocycles. The van der Waals surface area contributed by atoms with Gasteiger partial charge in [0.2, 0.25) is 5.91 Å². The van der Waals surface area contributed by atoms with Crippen molar-refractivity contribution in [2.45, 2.75) is 6.92 Å². The van der Waals surface area contributed by atoms with E-state index in [1.807, 2.05) is 0 Å². The van der Waals surface area contributed by atoms with Crippen molar-refractivity contribution in [1.29, 1.82) is 0 Å². The van der Waals surface area contributed by atoms with E-state index in [0.717, 1.165) is 5.69 Å². The minimum atomic E-state index is -0.573. The topological polar surface area (TPSA) is 115 Å². The zero-order chi connectivity index (χ0) is 17.3. The molecular weight excluding hydrogens is 336 g/mol. The highest BCUT2D eigenvalue weighted by Crippen LogP contribution is 2.35. The van der Waals surface area contributed by atoms with Crippen LogP contribution in [0.1, 0.15) is 5.69 Å². The predicted molar refractivity (Wildman–Crippen MR) is 86.4 cm³/mol. The lowest BCUT2D eigenvalue weighted by molar-refractivity contribution is -0.384. The summed E-state index contributed by atoms with van der Waals surface area (Å²) < 4.78 is 5.25. The Morgan fingerprint density at radius 3 is 3.00 bits per heavy atom. The molecule has 0 spiro atoms. The Balaban J connectivity index is 1.82. The molecule has 2 aromatic rings. The van der Waals surface area contributed by atoms with Crippen LogP contribution in [0.3, 0.4) is 0 Å². The Morgan fingerprint density at radius 2 is 2.33 bits per heavy atom. The number of amides is 2. The first-order valence-corrected chi connectivity index (χ1v) is 7.75. The van der Waals surface area contributed by atoms with Gasteiger partial charge in [-0.15, -0.1) is 11.3 Å². The average Bonchev–Trinajstić information content (AvgIpc) is 2.94. The quantitative estimate of drug-likeness (QED) is 0.664. The molecule has 124 valence electrons. The zero-order valence-corrected chi connectivity index (χ0v) is 13.3. The van der Waals surface area contributed by atoms with Gasteiger partial charge in [-0.25, -0.2) is 4.98 Å². The van der Waals surface area contributed by atoms with Crippen LogP contribution in [0.25, 0.3) is 0 Å². The van der Waals surface area contributed by atoms with Crippen molar-refractivity contribution in [3.8, 4) is 5.75 Å². The summed E-state index contributed by atoms with van der Waals surface area (Å²) in [5.41, 5.74) is 0.789. The fourth-order valence-corrected chi connectivity index (χ4v) is 2.90. The summed E-state index contributed by atoms with van der Waals surface area (Å²) in [6, 6.07) is 3.91. The van der Waals surface area contributed by atoms with Crippen molar-refractivity contribution in [2.24, 2.45) is 0 Å². The Bertz CT molecular complexity index is 834. The molecule has 1 aromatic heterocycles. The summed E-state index contributed by atoms with van der Waals surface area (Å²) in [4.78, 5) is 39.8. The van der Waals surface area contributed by atoms with E-state index >= 15 is 0 Å². The van der Waals surface area contributed by atoms with Crippen molar-refractivity contribution in [2.75, 3.05) is 23.4 Å². The number of nitro groups is 1. The number of hydrogen-bond donors (Lipinski definition) is 1. The molecular formula is C14H12N4O5S. The number of nitro benzene ring substituents is 1. The fraction of sp³-hybridized carbons (Fsp3) is 0.214. The van der Waals surface area contributed by atoms with E-state index in [1.54, 1.807) is 12.3 Å². The van der Waals surface area contributed by atoms with Crippen molar-refractivity contribution < 1.29 is 19.2 Å². The van der Waals surface area contributed by atoms with Crippen molar-refractivity contribution in [3.05, 3.63) is 39.4 Å². The lowest BCUT2D eigenvalue weighted by Crippen LogP contribution is -2.43. The first-order valence-electron chi connectivity index (χ1n) is 6.87. The molecule has 0 fully saturated rings. The molecule has 0 bridgehead atoms. The lowest BCUT2D eigenvalue weighted by Gasteiger charge is -2.28. The van der Waals surface area contributed by atoms with E-state index in [1.165, 1.54) is 34.4 Å². The summed E-state index contributed by atoms with van der Waals surface area (Å²) in [6.45, 7) is 1.29. The highest BCUT2D eigenvalue weighted by atomic mass is 32.1. The summed E-state index contributed by atoms with van der Waals surface area (Å²) >= 11 is 1.27. The number of ether oxygens (including phenoxy) is 1. The first-order chi connectivity index (χ1) is 11.4. The number of carbonyl (C=O) groups is 2. The van der Waals surface area contributed by atoms with Gasteiger partial charge in [-0.3, -0.25) is 24.6 Å². The second-order valence-electron chi connectivity index (χ2n) is 5.02. The molecule has 2 amide bonds. The third-order valence-electron chi connectivity index (χ3n) is 3.26. The molecule has 1 N–H and O–H groups in total. The number of aromatic nitrogens is 1. The van der Waals surface area contributed by atoms with Crippen molar-refractivity contribution in [3.63, 3.8) is 0 Å². The van der Waals surface area contributed by atoms with Gasteiger partial charge in [0, 0.05) is 17.5 Å². The second kappa shape index (κ2) is 6.24. The summed E-state index contributed by atoms with van der Waals surface area (Å²) in [5, 5.41) is 15.7. The molecule has 24 heavy (non-hydrogen) atoms. The number of aryl methyl sites for hydroxylation is 1. The van der Waals surface area contributed by atoms with Gasteiger partial charge in [-0.2, -0.15) is 0 Å². The van der Waals surface area contributed by atoms with Crippen LogP contribution in [0.2, 0.25) is 0 Å². The van der Waals surface area contributed by atoms with E-state index < -0.39 is 16.7 Å². The summed E-state index contributed by atoms with van der Waals surface area (Å²) in [7, 11) is 0. The number of hydrogen-bond acceptors (Lipinski definition) is 7. The number of anilines is 2. The highest BCUT2D eigenvalue weighted by molar-refractivity contribution is 7.13. The second-order valence-corrected chi connectivity index (χ2v) is 5.88. The number of fused-ring (bicyclic) bond motifs is 1. The van der Waals surface area contributed by atoms with E-state index in [9.17, 15) is 19.7 Å². The molecule has 10 heteroatoms. The smallest absolute Gasteiger partial charge is 0.271 e. The Kier molecular flexibility index (Phi) is 4.13. The fourth-order valence-electron chi connectivity index (χ4n) is 2.19. The summed E-state index contributed by atoms with van der Waals surface area (Å²) in [6.07, 6.45) is 0. The van der Waals surface area contributed by atoms with Gasteiger partial charge in [-0.1, -0.05) is 0 Å². The van der Waals surface area contributed by atoms with Gasteiger partial charge in [-0.05, 0) is 13.0 Å². The standard InChI is InChI=1S/C14H12N4O5S/c1-8-7-24-14(15-8)16-12(19)5-17-10-4-9(18(21)22)2-3-11(10)23-6-13(17)20/h2-4,7H,5-6H2,1H3,(H,15,16,19). The third kappa shape index (κ3) is 3.18. The molecule has 2 heterocycles. The first kappa shape index (κ1) is 15.9. The van der Waals surface area contributed by atoms with Crippen molar-refractivity contribution >= 4 is 39.7 Å². The van der Waals surface area contributed by atoms with Crippen LogP contribution in [0.5, 0.6) is 5.75 Å². The number of benzene rings is 1. The maximum atomic E-state index is 12.2. The van der Waals surface area contributed by atoms with E-state index in [4.69, 9.17) is 4.74 Å². The van der Waals surface area contributed by atoms with E-state index in [0.29, 0.717) is 10.9 Å². The van der Waals surface area contributed by atoms with Crippen LogP contribution in [-0.4, -0.2) is 34.9 Å². The molecule has 9 nitrogen and oxygen atoms in total. The molecule has 1 aliphatic rings. The zero-order valence-electron chi connectivity index (χ0n) is 12.5. The minimum absolute atomic E-state index is 0.187. The molecule has 0 radical (unpaired) electrons. The Hall–Kier alpha value is -3.01. The maximum absolute atomic E-state index is 12.2. The lowest BCUT2D eigenvalue weighted by atomic mass is 10.2. The minimum Gasteiger partial charge on any atom is -0.482 e. The molecule has 0 atom stereocenters. The number of nitrogens with zero attached hydrogens (tertiary/aromatic N) is 3. The number of non-ortho nitro benzene ring substituents is 1. The molecule has 3 rings (SSSR count). The number of rotatable bonds is 4. The van der Waals surface area contributed by atoms with Crippen LogP contribution >= 0.6 is 11.3 Å². The molecule has 0 saturated heterocycles. The molecule has 0 aliphatic carbocycles. The highest BCUT2D eigenvalue weighted by Gasteiger charge is 2.29. The van der Waals surface area contributed by atoms with Crippen LogP contribution in [0, 0.1) is 17.0 Å².